The van der Waals surface area contributed by atoms with Gasteiger partial charge in [0.1, 0.15) is 0 Å². The van der Waals surface area contributed by atoms with E-state index in [0.29, 0.717) is 11.3 Å². The second-order valence-corrected chi connectivity index (χ2v) is 3.57. The lowest BCUT2D eigenvalue weighted by Crippen LogP contribution is -2.29. The van der Waals surface area contributed by atoms with Crippen molar-refractivity contribution in [2.24, 2.45) is 0 Å². The Morgan fingerprint density at radius 3 is 2.24 bits per heavy atom. The van der Waals surface area contributed by atoms with E-state index in [2.05, 4.69) is 0 Å². The van der Waals surface area contributed by atoms with Gasteiger partial charge in [0.2, 0.25) is 0 Å². The summed E-state index contributed by atoms with van der Waals surface area (Å²) in [6.45, 7) is 1.56. The number of imide groups is 1. The number of anilines is 1. The Balaban J connectivity index is 2.42. The molecule has 0 spiro atoms. The molecule has 6 heteroatoms. The molecular weight excluding hydrogens is 224 g/mol. The van der Waals surface area contributed by atoms with Crippen molar-refractivity contribution in [3.63, 3.8) is 0 Å². The number of benzene rings is 1. The van der Waals surface area contributed by atoms with E-state index in [4.69, 9.17) is 0 Å². The van der Waals surface area contributed by atoms with Crippen LogP contribution in [0.2, 0.25) is 0 Å². The third-order valence-electron chi connectivity index (χ3n) is 2.44. The van der Waals surface area contributed by atoms with E-state index < -0.39 is 16.7 Å². The van der Waals surface area contributed by atoms with Gasteiger partial charge < -0.3 is 0 Å². The standard InChI is InChI=1S/C11H8N2O4/c1-7-6-8(2-3-9(7)13(16)17)12-10(14)4-5-11(12)15/h2-6H,1H3. The summed E-state index contributed by atoms with van der Waals surface area (Å²) in [4.78, 5) is 33.9. The maximum absolute atomic E-state index is 11.4. The smallest absolute Gasteiger partial charge is 0.269 e. The Kier molecular flexibility index (Phi) is 2.47. The summed E-state index contributed by atoms with van der Waals surface area (Å²) in [6.07, 6.45) is 2.33. The highest BCUT2D eigenvalue weighted by Gasteiger charge is 2.26. The number of hydrogen-bond acceptors (Lipinski definition) is 4. The number of aryl methyl sites for hydroxylation is 1. The van der Waals surface area contributed by atoms with Gasteiger partial charge in [0.05, 0.1) is 10.6 Å². The van der Waals surface area contributed by atoms with Crippen molar-refractivity contribution in [1.29, 1.82) is 0 Å². The van der Waals surface area contributed by atoms with Gasteiger partial charge in [0.15, 0.2) is 0 Å². The molecule has 1 aliphatic rings. The molecule has 2 rings (SSSR count). The van der Waals surface area contributed by atoms with Crippen LogP contribution in [0.15, 0.2) is 30.4 Å². The first kappa shape index (κ1) is 11.0. The zero-order valence-corrected chi connectivity index (χ0v) is 8.91. The van der Waals surface area contributed by atoms with E-state index in [1.54, 1.807) is 6.92 Å². The van der Waals surface area contributed by atoms with Crippen molar-refractivity contribution >= 4 is 23.2 Å². The molecule has 0 radical (unpaired) electrons. The Labute approximate surface area is 96.3 Å². The molecule has 0 fully saturated rings. The largest absolute Gasteiger partial charge is 0.272 e. The van der Waals surface area contributed by atoms with Crippen LogP contribution in [-0.4, -0.2) is 16.7 Å². The van der Waals surface area contributed by atoms with Gasteiger partial charge in [0, 0.05) is 23.8 Å². The highest BCUT2D eigenvalue weighted by molar-refractivity contribution is 6.28. The predicted molar refractivity (Wildman–Crippen MR) is 59.5 cm³/mol. The van der Waals surface area contributed by atoms with Crippen LogP contribution < -0.4 is 4.90 Å². The SMILES string of the molecule is Cc1cc(N2C(=O)C=CC2=O)ccc1[N+](=O)[O-]. The number of nitrogens with zero attached hydrogens (tertiary/aromatic N) is 2. The maximum Gasteiger partial charge on any atom is 0.272 e. The molecule has 1 aromatic carbocycles. The van der Waals surface area contributed by atoms with Crippen molar-refractivity contribution in [2.45, 2.75) is 6.92 Å². The number of nitro groups is 1. The van der Waals surface area contributed by atoms with Crippen LogP contribution >= 0.6 is 0 Å². The molecule has 17 heavy (non-hydrogen) atoms. The lowest BCUT2D eigenvalue weighted by molar-refractivity contribution is -0.385. The minimum atomic E-state index is -0.509. The van der Waals surface area contributed by atoms with Crippen LogP contribution in [0.4, 0.5) is 11.4 Å². The minimum absolute atomic E-state index is 0.0409. The molecular formula is C11H8N2O4. The van der Waals surface area contributed by atoms with Gasteiger partial charge in [-0.15, -0.1) is 0 Å². The van der Waals surface area contributed by atoms with Crippen LogP contribution in [0.1, 0.15) is 5.56 Å². The van der Waals surface area contributed by atoms with Crippen LogP contribution in [0.5, 0.6) is 0 Å². The summed E-state index contributed by atoms with van der Waals surface area (Å²) in [6, 6.07) is 4.11. The number of carbonyl (C=O) groups excluding carboxylic acids is 2. The molecule has 0 aliphatic carbocycles. The number of nitro benzene ring substituents is 1. The van der Waals surface area contributed by atoms with Crippen molar-refractivity contribution in [3.05, 3.63) is 46.0 Å². The monoisotopic (exact) mass is 232 g/mol. The van der Waals surface area contributed by atoms with Gasteiger partial charge in [-0.2, -0.15) is 0 Å². The third kappa shape index (κ3) is 1.80. The molecule has 86 valence electrons. The zero-order chi connectivity index (χ0) is 12.6. The van der Waals surface area contributed by atoms with E-state index >= 15 is 0 Å². The molecule has 0 unspecified atom stereocenters. The first-order valence-electron chi connectivity index (χ1n) is 4.82. The van der Waals surface area contributed by atoms with Gasteiger partial charge in [-0.1, -0.05) is 0 Å². The molecule has 0 N–H and O–H groups in total. The van der Waals surface area contributed by atoms with Gasteiger partial charge in [-0.05, 0) is 19.1 Å². The van der Waals surface area contributed by atoms with Crippen molar-refractivity contribution < 1.29 is 14.5 Å². The molecule has 1 aliphatic heterocycles. The normalized spacial score (nSPS) is 14.5. The van der Waals surface area contributed by atoms with E-state index in [1.165, 1.54) is 30.4 Å². The average molecular weight is 232 g/mol. The number of carbonyl (C=O) groups is 2. The predicted octanol–water partition coefficient (Wildman–Crippen LogP) is 1.33. The van der Waals surface area contributed by atoms with Crippen LogP contribution in [0.3, 0.4) is 0 Å². The Hall–Kier alpha value is -2.50. The summed E-state index contributed by atoms with van der Waals surface area (Å²) < 4.78 is 0. The quantitative estimate of drug-likeness (QED) is 0.437. The topological polar surface area (TPSA) is 80.5 Å². The molecule has 0 saturated heterocycles. The molecule has 1 aromatic rings. The second-order valence-electron chi connectivity index (χ2n) is 3.57. The third-order valence-corrected chi connectivity index (χ3v) is 2.44. The maximum atomic E-state index is 11.4. The van der Waals surface area contributed by atoms with Gasteiger partial charge in [0.25, 0.3) is 17.5 Å². The molecule has 0 aromatic heterocycles. The highest BCUT2D eigenvalue weighted by atomic mass is 16.6. The fraction of sp³-hybridized carbons (Fsp3) is 0.0909. The molecule has 2 amide bonds. The molecule has 0 saturated carbocycles. The highest BCUT2D eigenvalue weighted by Crippen LogP contribution is 2.25. The lowest BCUT2D eigenvalue weighted by Gasteiger charge is -2.14. The van der Waals surface area contributed by atoms with Crippen LogP contribution in [0.25, 0.3) is 0 Å². The summed E-state index contributed by atoms with van der Waals surface area (Å²) in [5.74, 6) is -0.883. The molecule has 1 heterocycles. The van der Waals surface area contributed by atoms with Crippen molar-refractivity contribution in [1.82, 2.24) is 0 Å². The molecule has 0 bridgehead atoms. The number of hydrogen-bond donors (Lipinski definition) is 0. The second kappa shape index (κ2) is 3.82. The van der Waals surface area contributed by atoms with Crippen molar-refractivity contribution in [2.75, 3.05) is 4.90 Å². The summed E-state index contributed by atoms with van der Waals surface area (Å²) >= 11 is 0. The Morgan fingerprint density at radius 1 is 1.18 bits per heavy atom. The van der Waals surface area contributed by atoms with Crippen LogP contribution in [-0.2, 0) is 9.59 Å². The summed E-state index contributed by atoms with van der Waals surface area (Å²) in [5.41, 5.74) is 0.703. The number of amides is 2. The Bertz CT molecular complexity index is 545. The molecule has 0 atom stereocenters. The number of rotatable bonds is 2. The fourth-order valence-corrected chi connectivity index (χ4v) is 1.64. The fourth-order valence-electron chi connectivity index (χ4n) is 1.64. The lowest BCUT2D eigenvalue weighted by atomic mass is 10.1. The van der Waals surface area contributed by atoms with E-state index in [0.717, 1.165) is 4.90 Å². The molecule has 6 nitrogen and oxygen atoms in total. The van der Waals surface area contributed by atoms with Gasteiger partial charge in [-0.3, -0.25) is 19.7 Å². The van der Waals surface area contributed by atoms with E-state index in [9.17, 15) is 19.7 Å². The average Bonchev–Trinajstić information content (AvgIpc) is 2.58. The van der Waals surface area contributed by atoms with Gasteiger partial charge >= 0.3 is 0 Å². The summed E-state index contributed by atoms with van der Waals surface area (Å²) in [5, 5.41) is 10.6. The van der Waals surface area contributed by atoms with E-state index in [-0.39, 0.29) is 5.69 Å². The zero-order valence-electron chi connectivity index (χ0n) is 8.91. The van der Waals surface area contributed by atoms with Gasteiger partial charge in [-0.25, -0.2) is 4.90 Å². The Morgan fingerprint density at radius 2 is 1.76 bits per heavy atom. The van der Waals surface area contributed by atoms with Crippen LogP contribution in [0, 0.1) is 17.0 Å². The van der Waals surface area contributed by atoms with Crippen molar-refractivity contribution in [3.8, 4) is 0 Å². The first-order chi connectivity index (χ1) is 8.00. The minimum Gasteiger partial charge on any atom is -0.269 e. The van der Waals surface area contributed by atoms with E-state index in [1.807, 2.05) is 0 Å². The summed E-state index contributed by atoms with van der Waals surface area (Å²) in [7, 11) is 0. The first-order valence-corrected chi connectivity index (χ1v) is 4.82.